The first kappa shape index (κ1) is 9.66. The third-order valence-electron chi connectivity index (χ3n) is 2.67. The van der Waals surface area contributed by atoms with Crippen molar-refractivity contribution in [1.29, 1.82) is 0 Å². The molecule has 0 unspecified atom stereocenters. The van der Waals surface area contributed by atoms with Gasteiger partial charge in [0, 0.05) is 5.39 Å². The third-order valence-corrected chi connectivity index (χ3v) is 3.60. The Morgan fingerprint density at radius 2 is 2.06 bits per heavy atom. The van der Waals surface area contributed by atoms with Crippen LogP contribution in [0, 0.1) is 6.92 Å². The monoisotopic (exact) mass is 276 g/mol. The summed E-state index contributed by atoms with van der Waals surface area (Å²) >= 11 is 3.53. The van der Waals surface area contributed by atoms with Gasteiger partial charge in [-0.05, 0) is 53.2 Å². The molecule has 0 aliphatic carbocycles. The van der Waals surface area contributed by atoms with E-state index in [2.05, 4.69) is 20.9 Å². The van der Waals surface area contributed by atoms with E-state index in [1.165, 1.54) is 0 Å². The van der Waals surface area contributed by atoms with Crippen LogP contribution in [-0.4, -0.2) is 14.5 Å². The van der Waals surface area contributed by atoms with Crippen LogP contribution in [0.15, 0.2) is 34.9 Å². The highest BCUT2D eigenvalue weighted by Gasteiger charge is 2.08. The molecule has 3 rings (SSSR count). The molecule has 0 aliphatic rings. The molecule has 0 aliphatic heterocycles. The number of halogens is 1. The van der Waals surface area contributed by atoms with E-state index in [1.54, 1.807) is 12.1 Å². The van der Waals surface area contributed by atoms with E-state index in [-0.39, 0.29) is 5.75 Å². The fraction of sp³-hybridized carbons (Fsp3) is 0.0833. The molecule has 3 nitrogen and oxygen atoms in total. The Hall–Kier alpha value is -1.55. The van der Waals surface area contributed by atoms with E-state index >= 15 is 0 Å². The average Bonchev–Trinajstić information content (AvgIpc) is 2.55. The van der Waals surface area contributed by atoms with Crippen LogP contribution >= 0.6 is 15.9 Å². The quantitative estimate of drug-likeness (QED) is 0.684. The lowest BCUT2D eigenvalue weighted by atomic mass is 10.2. The fourth-order valence-electron chi connectivity index (χ4n) is 1.91. The third kappa shape index (κ3) is 1.23. The minimum absolute atomic E-state index is 0.278. The lowest BCUT2D eigenvalue weighted by Crippen LogP contribution is -1.88. The number of imidazole rings is 1. The Bertz CT molecular complexity index is 703. The molecular formula is C12H9BrN2O. The number of phenolic OH excluding ortho intramolecular Hbond substituents is 1. The number of rotatable bonds is 0. The summed E-state index contributed by atoms with van der Waals surface area (Å²) in [7, 11) is 0. The molecule has 3 aromatic rings. The fourth-order valence-corrected chi connectivity index (χ4v) is 2.38. The molecule has 4 heteroatoms. The van der Waals surface area contributed by atoms with Gasteiger partial charge >= 0.3 is 0 Å². The van der Waals surface area contributed by atoms with E-state index in [0.29, 0.717) is 0 Å². The number of aromatic hydroxyl groups is 1. The number of aromatic nitrogens is 2. The number of hydrogen-bond donors (Lipinski definition) is 1. The number of hydrogen-bond acceptors (Lipinski definition) is 2. The number of aryl methyl sites for hydroxylation is 1. The predicted octanol–water partition coefficient (Wildman–Crippen LogP) is 3.26. The highest BCUT2D eigenvalue weighted by atomic mass is 79.9. The van der Waals surface area contributed by atoms with Crippen LogP contribution in [0.2, 0.25) is 0 Å². The Labute approximate surface area is 100 Å². The molecule has 80 valence electrons. The Kier molecular flexibility index (Phi) is 1.94. The second kappa shape index (κ2) is 3.22. The van der Waals surface area contributed by atoms with Gasteiger partial charge in [0.05, 0.1) is 11.2 Å². The molecule has 0 bridgehead atoms. The Morgan fingerprint density at radius 1 is 1.25 bits per heavy atom. The summed E-state index contributed by atoms with van der Waals surface area (Å²) < 4.78 is 2.99. The van der Waals surface area contributed by atoms with Crippen molar-refractivity contribution < 1.29 is 5.11 Å². The molecule has 0 fully saturated rings. The van der Waals surface area contributed by atoms with E-state index in [9.17, 15) is 5.11 Å². The highest BCUT2D eigenvalue weighted by molar-refractivity contribution is 9.10. The predicted molar refractivity (Wildman–Crippen MR) is 66.8 cm³/mol. The highest BCUT2D eigenvalue weighted by Crippen LogP contribution is 2.26. The van der Waals surface area contributed by atoms with Crippen LogP contribution in [0.4, 0.5) is 0 Å². The summed E-state index contributed by atoms with van der Waals surface area (Å²) in [6.45, 7) is 1.96. The van der Waals surface area contributed by atoms with Crippen molar-refractivity contribution in [3.05, 3.63) is 40.6 Å². The lowest BCUT2D eigenvalue weighted by Gasteiger charge is -2.03. The van der Waals surface area contributed by atoms with Crippen molar-refractivity contribution in [2.24, 2.45) is 0 Å². The van der Waals surface area contributed by atoms with Gasteiger partial charge in [-0.15, -0.1) is 0 Å². The molecule has 1 N–H and O–H groups in total. The van der Waals surface area contributed by atoms with Gasteiger partial charge in [0.25, 0.3) is 0 Å². The summed E-state index contributed by atoms with van der Waals surface area (Å²) in [5.74, 6) is 0.278. The summed E-state index contributed by atoms with van der Waals surface area (Å²) in [5, 5.41) is 10.4. The molecule has 0 saturated heterocycles. The topological polar surface area (TPSA) is 37.5 Å². The first-order chi connectivity index (χ1) is 7.66. The minimum atomic E-state index is 0.278. The summed E-state index contributed by atoms with van der Waals surface area (Å²) in [4.78, 5) is 4.44. The van der Waals surface area contributed by atoms with Gasteiger partial charge in [-0.1, -0.05) is 0 Å². The van der Waals surface area contributed by atoms with E-state index in [4.69, 9.17) is 0 Å². The van der Waals surface area contributed by atoms with Crippen LogP contribution in [0.3, 0.4) is 0 Å². The van der Waals surface area contributed by atoms with Crippen LogP contribution < -0.4 is 0 Å². The zero-order valence-electron chi connectivity index (χ0n) is 8.61. The summed E-state index contributed by atoms with van der Waals surface area (Å²) in [5.41, 5.74) is 2.89. The van der Waals surface area contributed by atoms with Crippen molar-refractivity contribution in [2.45, 2.75) is 6.92 Å². The van der Waals surface area contributed by atoms with Gasteiger partial charge in [-0.3, -0.25) is 4.40 Å². The standard InChI is InChI=1S/C12H9BrN2O/c1-7-12(13)15-10-4-3-9(16)6-8(10)2-5-11(15)14-7/h2-6,16H,1H3. The molecule has 0 radical (unpaired) electrons. The number of nitrogens with zero attached hydrogens (tertiary/aromatic N) is 2. The molecule has 0 amide bonds. The van der Waals surface area contributed by atoms with Crippen molar-refractivity contribution in [3.8, 4) is 5.75 Å². The van der Waals surface area contributed by atoms with Crippen molar-refractivity contribution in [3.63, 3.8) is 0 Å². The number of phenols is 1. The van der Waals surface area contributed by atoms with Gasteiger partial charge in [-0.2, -0.15) is 0 Å². The Balaban J connectivity index is 2.57. The van der Waals surface area contributed by atoms with Crippen LogP contribution in [0.1, 0.15) is 5.69 Å². The summed E-state index contributed by atoms with van der Waals surface area (Å²) in [6.07, 6.45) is 0. The molecule has 1 aromatic carbocycles. The first-order valence-electron chi connectivity index (χ1n) is 4.93. The van der Waals surface area contributed by atoms with E-state index in [0.717, 1.165) is 26.8 Å². The van der Waals surface area contributed by atoms with Gasteiger partial charge in [0.1, 0.15) is 16.0 Å². The molecule has 2 aromatic heterocycles. The molecule has 0 spiro atoms. The summed E-state index contributed by atoms with van der Waals surface area (Å²) in [6, 6.07) is 9.23. The minimum Gasteiger partial charge on any atom is -0.508 e. The maximum atomic E-state index is 9.44. The number of fused-ring (bicyclic) bond motifs is 3. The molecule has 0 saturated carbocycles. The Morgan fingerprint density at radius 3 is 2.88 bits per heavy atom. The maximum Gasteiger partial charge on any atom is 0.138 e. The van der Waals surface area contributed by atoms with Gasteiger partial charge in [0.2, 0.25) is 0 Å². The number of benzene rings is 1. The van der Waals surface area contributed by atoms with Crippen LogP contribution in [0.5, 0.6) is 5.75 Å². The molecule has 16 heavy (non-hydrogen) atoms. The molecular weight excluding hydrogens is 268 g/mol. The van der Waals surface area contributed by atoms with Crippen molar-refractivity contribution in [2.75, 3.05) is 0 Å². The van der Waals surface area contributed by atoms with Gasteiger partial charge in [-0.25, -0.2) is 4.98 Å². The van der Waals surface area contributed by atoms with Gasteiger partial charge in [0.15, 0.2) is 0 Å². The van der Waals surface area contributed by atoms with Crippen molar-refractivity contribution in [1.82, 2.24) is 9.38 Å². The zero-order valence-corrected chi connectivity index (χ0v) is 10.2. The second-order valence-corrected chi connectivity index (χ2v) is 4.51. The SMILES string of the molecule is Cc1nc2ccc3cc(O)ccc3n2c1Br. The largest absolute Gasteiger partial charge is 0.508 e. The normalized spacial score (nSPS) is 11.4. The molecule has 0 atom stereocenters. The lowest BCUT2D eigenvalue weighted by molar-refractivity contribution is 0.476. The van der Waals surface area contributed by atoms with E-state index in [1.807, 2.05) is 29.5 Å². The number of pyridine rings is 1. The second-order valence-electron chi connectivity index (χ2n) is 3.76. The molecule has 2 heterocycles. The first-order valence-corrected chi connectivity index (χ1v) is 5.72. The van der Waals surface area contributed by atoms with Crippen LogP contribution in [0.25, 0.3) is 16.6 Å². The van der Waals surface area contributed by atoms with Gasteiger partial charge < -0.3 is 5.11 Å². The maximum absolute atomic E-state index is 9.44. The average molecular weight is 277 g/mol. The van der Waals surface area contributed by atoms with Crippen LogP contribution in [-0.2, 0) is 0 Å². The zero-order chi connectivity index (χ0) is 11.3. The van der Waals surface area contributed by atoms with Crippen molar-refractivity contribution >= 4 is 32.5 Å². The van der Waals surface area contributed by atoms with E-state index < -0.39 is 0 Å². The smallest absolute Gasteiger partial charge is 0.138 e.